The van der Waals surface area contributed by atoms with Gasteiger partial charge in [0.1, 0.15) is 0 Å². The first kappa shape index (κ1) is 19.0. The van der Waals surface area contributed by atoms with Crippen LogP contribution in [0.4, 0.5) is 0 Å². The van der Waals surface area contributed by atoms with E-state index in [1.807, 2.05) is 0 Å². The second kappa shape index (κ2) is 18.0. The summed E-state index contributed by atoms with van der Waals surface area (Å²) >= 11 is 0. The van der Waals surface area contributed by atoms with Crippen LogP contribution < -0.4 is 0 Å². The minimum absolute atomic E-state index is 0.980. The summed E-state index contributed by atoms with van der Waals surface area (Å²) in [6, 6.07) is 0. The van der Waals surface area contributed by atoms with Gasteiger partial charge in [0.05, 0.1) is 0 Å². The predicted octanol–water partition coefficient (Wildman–Crippen LogP) is 6.32. The van der Waals surface area contributed by atoms with Gasteiger partial charge in [-0.25, -0.2) is 0 Å². The van der Waals surface area contributed by atoms with Crippen molar-refractivity contribution in [2.24, 2.45) is 0 Å². The smallest absolute Gasteiger partial charge is 0.0466 e. The van der Waals surface area contributed by atoms with Crippen molar-refractivity contribution in [3.8, 4) is 0 Å². The van der Waals surface area contributed by atoms with Crippen LogP contribution in [-0.4, -0.2) is 13.2 Å². The molecule has 0 fully saturated rings. The van der Waals surface area contributed by atoms with Crippen LogP contribution in [0.5, 0.6) is 0 Å². The van der Waals surface area contributed by atoms with E-state index >= 15 is 0 Å². The maximum Gasteiger partial charge on any atom is 0.0466 e. The fourth-order valence-corrected chi connectivity index (χ4v) is 2.35. The summed E-state index contributed by atoms with van der Waals surface area (Å²) in [7, 11) is 0. The molecule has 1 radical (unpaired) electrons. The average molecular weight is 269 g/mol. The van der Waals surface area contributed by atoms with Crippen molar-refractivity contribution in [2.75, 3.05) is 13.2 Å². The highest BCUT2D eigenvalue weighted by Crippen LogP contribution is 2.08. The Morgan fingerprint density at radius 3 is 1.47 bits per heavy atom. The SMILES string of the molecule is [CH2]CCCCCCCCCOCCCCCCCC. The zero-order chi connectivity index (χ0) is 14.0. The molecule has 0 heterocycles. The zero-order valence-corrected chi connectivity index (χ0v) is 13.4. The monoisotopic (exact) mass is 269 g/mol. The third kappa shape index (κ3) is 18.0. The van der Waals surface area contributed by atoms with Crippen LogP contribution in [0.2, 0.25) is 0 Å². The molecule has 1 nitrogen and oxygen atoms in total. The summed E-state index contributed by atoms with van der Waals surface area (Å²) in [6.45, 7) is 8.10. The van der Waals surface area contributed by atoms with Crippen LogP contribution in [0.25, 0.3) is 0 Å². The van der Waals surface area contributed by atoms with E-state index in [1.54, 1.807) is 0 Å². The van der Waals surface area contributed by atoms with Crippen LogP contribution in [0.1, 0.15) is 96.8 Å². The Balaban J connectivity index is 2.88. The molecule has 0 saturated carbocycles. The largest absolute Gasteiger partial charge is 0.381 e. The van der Waals surface area contributed by atoms with Gasteiger partial charge in [-0.1, -0.05) is 90.9 Å². The molecule has 0 aliphatic rings. The van der Waals surface area contributed by atoms with Gasteiger partial charge in [0, 0.05) is 13.2 Å². The molecule has 0 atom stereocenters. The van der Waals surface area contributed by atoms with Gasteiger partial charge in [0.2, 0.25) is 0 Å². The summed E-state index contributed by atoms with van der Waals surface area (Å²) in [5.74, 6) is 0. The van der Waals surface area contributed by atoms with Crippen LogP contribution in [0, 0.1) is 6.92 Å². The number of hydrogen-bond donors (Lipinski definition) is 0. The first-order chi connectivity index (χ1) is 9.41. The van der Waals surface area contributed by atoms with Crippen LogP contribution in [0.3, 0.4) is 0 Å². The first-order valence-electron chi connectivity index (χ1n) is 8.78. The molecule has 0 aliphatic heterocycles. The second-order valence-electron chi connectivity index (χ2n) is 5.71. The molecule has 0 spiro atoms. The van der Waals surface area contributed by atoms with Gasteiger partial charge in [-0.15, -0.1) is 0 Å². The van der Waals surface area contributed by atoms with E-state index in [4.69, 9.17) is 4.74 Å². The summed E-state index contributed by atoms with van der Waals surface area (Å²) in [5, 5.41) is 0. The lowest BCUT2D eigenvalue weighted by molar-refractivity contribution is 0.125. The molecule has 19 heavy (non-hydrogen) atoms. The van der Waals surface area contributed by atoms with E-state index in [0.29, 0.717) is 0 Å². The van der Waals surface area contributed by atoms with E-state index < -0.39 is 0 Å². The Kier molecular flexibility index (Phi) is 17.9. The minimum Gasteiger partial charge on any atom is -0.381 e. The van der Waals surface area contributed by atoms with Crippen molar-refractivity contribution in [3.05, 3.63) is 6.92 Å². The van der Waals surface area contributed by atoms with E-state index in [-0.39, 0.29) is 0 Å². The van der Waals surface area contributed by atoms with E-state index in [1.165, 1.54) is 83.5 Å². The van der Waals surface area contributed by atoms with Gasteiger partial charge in [-0.2, -0.15) is 0 Å². The molecule has 0 aliphatic carbocycles. The Bertz CT molecular complexity index is 129. The van der Waals surface area contributed by atoms with Crippen LogP contribution in [0.15, 0.2) is 0 Å². The molecular weight excluding hydrogens is 232 g/mol. The molecule has 0 unspecified atom stereocenters. The normalized spacial score (nSPS) is 11.1. The number of unbranched alkanes of at least 4 members (excludes halogenated alkanes) is 12. The van der Waals surface area contributed by atoms with Gasteiger partial charge in [0.15, 0.2) is 0 Å². The fraction of sp³-hybridized carbons (Fsp3) is 0.944. The van der Waals surface area contributed by atoms with Crippen molar-refractivity contribution < 1.29 is 4.74 Å². The maximum atomic E-state index is 5.68. The van der Waals surface area contributed by atoms with Crippen LogP contribution in [-0.2, 0) is 4.74 Å². The molecule has 0 aromatic rings. The van der Waals surface area contributed by atoms with Gasteiger partial charge < -0.3 is 4.74 Å². The quantitative estimate of drug-likeness (QED) is 0.298. The first-order valence-corrected chi connectivity index (χ1v) is 8.78. The Morgan fingerprint density at radius 2 is 1.00 bits per heavy atom. The molecule has 0 bridgehead atoms. The Morgan fingerprint density at radius 1 is 0.579 bits per heavy atom. The highest BCUT2D eigenvalue weighted by atomic mass is 16.5. The third-order valence-electron chi connectivity index (χ3n) is 3.68. The summed E-state index contributed by atoms with van der Waals surface area (Å²) in [5.41, 5.74) is 0. The molecule has 115 valence electrons. The second-order valence-corrected chi connectivity index (χ2v) is 5.71. The molecule has 0 saturated heterocycles. The Hall–Kier alpha value is -0.0400. The van der Waals surface area contributed by atoms with Crippen molar-refractivity contribution in [1.29, 1.82) is 0 Å². The number of hydrogen-bond acceptors (Lipinski definition) is 1. The standard InChI is InChI=1S/C18H37O/c1-3-5-7-9-11-12-14-16-18-19-17-15-13-10-8-6-4-2/h1,3-18H2,2H3. The number of rotatable bonds is 16. The molecule has 0 amide bonds. The van der Waals surface area contributed by atoms with Crippen molar-refractivity contribution in [2.45, 2.75) is 96.8 Å². The van der Waals surface area contributed by atoms with E-state index in [2.05, 4.69) is 13.8 Å². The van der Waals surface area contributed by atoms with Gasteiger partial charge in [-0.05, 0) is 12.8 Å². The van der Waals surface area contributed by atoms with Crippen molar-refractivity contribution in [3.63, 3.8) is 0 Å². The maximum absolute atomic E-state index is 5.68. The lowest BCUT2D eigenvalue weighted by Crippen LogP contribution is -1.97. The number of ether oxygens (including phenoxy) is 1. The zero-order valence-electron chi connectivity index (χ0n) is 13.4. The average Bonchev–Trinajstić information content (AvgIpc) is 2.43. The molecule has 0 aromatic heterocycles. The van der Waals surface area contributed by atoms with Crippen molar-refractivity contribution in [1.82, 2.24) is 0 Å². The lowest BCUT2D eigenvalue weighted by Gasteiger charge is -2.04. The summed E-state index contributed by atoms with van der Waals surface area (Å²) in [4.78, 5) is 0. The summed E-state index contributed by atoms with van der Waals surface area (Å²) in [6.07, 6.45) is 18.7. The predicted molar refractivity (Wildman–Crippen MR) is 86.5 cm³/mol. The molecule has 1 heteroatoms. The highest BCUT2D eigenvalue weighted by molar-refractivity contribution is 4.48. The van der Waals surface area contributed by atoms with E-state index in [0.717, 1.165) is 19.6 Å². The topological polar surface area (TPSA) is 9.23 Å². The van der Waals surface area contributed by atoms with Crippen molar-refractivity contribution >= 4 is 0 Å². The van der Waals surface area contributed by atoms with Gasteiger partial charge in [-0.3, -0.25) is 0 Å². The van der Waals surface area contributed by atoms with Crippen LogP contribution >= 0.6 is 0 Å². The van der Waals surface area contributed by atoms with Gasteiger partial charge in [0.25, 0.3) is 0 Å². The molecule has 0 rings (SSSR count). The lowest BCUT2D eigenvalue weighted by atomic mass is 10.1. The van der Waals surface area contributed by atoms with Gasteiger partial charge >= 0.3 is 0 Å². The fourth-order valence-electron chi connectivity index (χ4n) is 2.35. The Labute approximate surface area is 122 Å². The summed E-state index contributed by atoms with van der Waals surface area (Å²) < 4.78 is 5.68. The molecule has 0 aromatic carbocycles. The van der Waals surface area contributed by atoms with E-state index in [9.17, 15) is 0 Å². The third-order valence-corrected chi connectivity index (χ3v) is 3.68. The minimum atomic E-state index is 0.980. The molecule has 0 N–H and O–H groups in total. The molecular formula is C18H37O. The highest BCUT2D eigenvalue weighted by Gasteiger charge is 1.93.